The van der Waals surface area contributed by atoms with Gasteiger partial charge in [0.05, 0.1) is 11.7 Å². The third-order valence-electron chi connectivity index (χ3n) is 7.26. The number of nitriles is 1. The van der Waals surface area contributed by atoms with Crippen LogP contribution in [0.4, 0.5) is 0 Å². The van der Waals surface area contributed by atoms with Crippen LogP contribution in [0.15, 0.2) is 48.6 Å². The first-order valence-electron chi connectivity index (χ1n) is 11.1. The molecule has 0 aliphatic heterocycles. The van der Waals surface area contributed by atoms with E-state index in [2.05, 4.69) is 37.3 Å². The van der Waals surface area contributed by atoms with Crippen LogP contribution >= 0.6 is 0 Å². The van der Waals surface area contributed by atoms with Gasteiger partial charge >= 0.3 is 0 Å². The summed E-state index contributed by atoms with van der Waals surface area (Å²) in [6.45, 7) is 2.22. The second kappa shape index (κ2) is 10.1. The first kappa shape index (κ1) is 20.9. The Bertz CT molecular complexity index is 693. The number of rotatable bonds is 6. The molecule has 2 fully saturated rings. The third-order valence-corrected chi connectivity index (χ3v) is 7.26. The summed E-state index contributed by atoms with van der Waals surface area (Å²) in [6, 6.07) is 11.4. The minimum Gasteiger partial charge on any atom is -0.374 e. The predicted molar refractivity (Wildman–Crippen MR) is 116 cm³/mol. The number of hydrogen-bond donors (Lipinski definition) is 0. The molecule has 0 bridgehead atoms. The summed E-state index contributed by atoms with van der Waals surface area (Å²) >= 11 is 0. The normalized spacial score (nSPS) is 31.2. The molecule has 2 aliphatic rings. The Kier molecular flexibility index (Phi) is 7.51. The Labute approximate surface area is 171 Å². The van der Waals surface area contributed by atoms with Crippen molar-refractivity contribution in [2.24, 2.45) is 11.8 Å². The molecule has 0 atom stereocenters. The van der Waals surface area contributed by atoms with E-state index >= 15 is 0 Å². The number of allylic oxidation sites excluding steroid dienone is 3. The minimum absolute atomic E-state index is 0.130. The number of ether oxygens (including phenoxy) is 1. The van der Waals surface area contributed by atoms with Crippen LogP contribution < -0.4 is 0 Å². The van der Waals surface area contributed by atoms with Crippen molar-refractivity contribution in [3.8, 4) is 6.07 Å². The molecule has 0 heterocycles. The molecule has 2 saturated carbocycles. The van der Waals surface area contributed by atoms with Gasteiger partial charge in [-0.3, -0.25) is 0 Å². The van der Waals surface area contributed by atoms with Crippen LogP contribution in [0.3, 0.4) is 0 Å². The molecule has 1 aromatic rings. The largest absolute Gasteiger partial charge is 0.374 e. The van der Waals surface area contributed by atoms with Crippen LogP contribution in [0, 0.1) is 23.2 Å². The molecule has 0 radical (unpaired) electrons. The lowest BCUT2D eigenvalue weighted by atomic mass is 9.67. The van der Waals surface area contributed by atoms with Crippen LogP contribution in [-0.2, 0) is 11.2 Å². The standard InChI is InChI=1S/C26H35NO/c1-3-21-7-9-22(10-8-21)23-11-13-24(14-12-23)25-15-18-26(28-2,19-16-25)17-5-4-6-20-27/h4-10,17,23-25H,3,11-16,18-19H2,1-2H3. The first-order chi connectivity index (χ1) is 13.7. The third kappa shape index (κ3) is 5.15. The van der Waals surface area contributed by atoms with Crippen molar-refractivity contribution in [3.63, 3.8) is 0 Å². The number of nitrogens with zero attached hydrogens (tertiary/aromatic N) is 1. The van der Waals surface area contributed by atoms with Gasteiger partial charge < -0.3 is 4.74 Å². The summed E-state index contributed by atoms with van der Waals surface area (Å²) in [5.74, 6) is 2.51. The van der Waals surface area contributed by atoms with E-state index in [4.69, 9.17) is 10.00 Å². The van der Waals surface area contributed by atoms with Crippen LogP contribution in [0.2, 0.25) is 0 Å². The molecule has 3 rings (SSSR count). The van der Waals surface area contributed by atoms with Gasteiger partial charge in [0.2, 0.25) is 0 Å². The molecule has 0 unspecified atom stereocenters. The van der Waals surface area contributed by atoms with E-state index in [1.165, 1.54) is 50.2 Å². The van der Waals surface area contributed by atoms with E-state index < -0.39 is 0 Å². The summed E-state index contributed by atoms with van der Waals surface area (Å²) in [7, 11) is 1.83. The molecular formula is C26H35NO. The number of hydrogen-bond acceptors (Lipinski definition) is 2. The van der Waals surface area contributed by atoms with E-state index in [1.54, 1.807) is 11.6 Å². The van der Waals surface area contributed by atoms with E-state index in [0.29, 0.717) is 0 Å². The van der Waals surface area contributed by atoms with Crippen molar-refractivity contribution in [1.29, 1.82) is 5.26 Å². The van der Waals surface area contributed by atoms with Crippen LogP contribution in [0.25, 0.3) is 0 Å². The molecule has 1 aromatic carbocycles. The Hall–Kier alpha value is -1.85. The molecule has 150 valence electrons. The van der Waals surface area contributed by atoms with E-state index in [-0.39, 0.29) is 5.60 Å². The molecule has 2 nitrogen and oxygen atoms in total. The second-order valence-corrected chi connectivity index (χ2v) is 8.66. The van der Waals surface area contributed by atoms with Crippen molar-refractivity contribution >= 4 is 0 Å². The van der Waals surface area contributed by atoms with Crippen molar-refractivity contribution in [2.75, 3.05) is 7.11 Å². The fourth-order valence-electron chi connectivity index (χ4n) is 5.32. The van der Waals surface area contributed by atoms with E-state index in [1.807, 2.05) is 19.3 Å². The Morgan fingerprint density at radius 1 is 1.00 bits per heavy atom. The van der Waals surface area contributed by atoms with Crippen LogP contribution in [0.5, 0.6) is 0 Å². The highest BCUT2D eigenvalue weighted by Gasteiger charge is 2.37. The molecule has 0 spiro atoms. The van der Waals surface area contributed by atoms with Gasteiger partial charge in [0, 0.05) is 13.2 Å². The average molecular weight is 378 g/mol. The smallest absolute Gasteiger partial charge is 0.0912 e. The lowest BCUT2D eigenvalue weighted by Crippen LogP contribution is -2.36. The molecule has 28 heavy (non-hydrogen) atoms. The predicted octanol–water partition coefficient (Wildman–Crippen LogP) is 6.73. The highest BCUT2D eigenvalue weighted by Crippen LogP contribution is 2.45. The fourth-order valence-corrected chi connectivity index (χ4v) is 5.32. The Morgan fingerprint density at radius 2 is 1.64 bits per heavy atom. The molecule has 0 aromatic heterocycles. The molecule has 2 heteroatoms. The number of aryl methyl sites for hydroxylation is 1. The number of methoxy groups -OCH3 is 1. The zero-order valence-electron chi connectivity index (χ0n) is 17.6. The molecule has 0 saturated heterocycles. The molecule has 0 amide bonds. The van der Waals surface area contributed by atoms with Crippen LogP contribution in [0.1, 0.15) is 75.3 Å². The average Bonchev–Trinajstić information content (AvgIpc) is 2.77. The van der Waals surface area contributed by atoms with Crippen molar-refractivity contribution < 1.29 is 4.74 Å². The van der Waals surface area contributed by atoms with Gasteiger partial charge in [-0.05, 0) is 86.7 Å². The number of benzene rings is 1. The highest BCUT2D eigenvalue weighted by molar-refractivity contribution is 5.25. The SMILES string of the molecule is CCc1ccc(C2CCC(C3CCC(C=CC=CC#N)(OC)CC3)CC2)cc1. The maximum Gasteiger partial charge on any atom is 0.0912 e. The van der Waals surface area contributed by atoms with Gasteiger partial charge in [0.15, 0.2) is 0 Å². The summed E-state index contributed by atoms with van der Waals surface area (Å²) in [6.07, 6.45) is 18.8. The summed E-state index contributed by atoms with van der Waals surface area (Å²) in [4.78, 5) is 0. The van der Waals surface area contributed by atoms with Gasteiger partial charge in [-0.15, -0.1) is 0 Å². The zero-order chi connectivity index (χ0) is 19.8. The van der Waals surface area contributed by atoms with Gasteiger partial charge in [0.25, 0.3) is 0 Å². The summed E-state index contributed by atoms with van der Waals surface area (Å²) in [5.41, 5.74) is 2.86. The molecule has 2 aliphatic carbocycles. The van der Waals surface area contributed by atoms with Crippen molar-refractivity contribution in [3.05, 3.63) is 59.7 Å². The zero-order valence-corrected chi connectivity index (χ0v) is 17.6. The van der Waals surface area contributed by atoms with Gasteiger partial charge in [-0.25, -0.2) is 0 Å². The maximum absolute atomic E-state index is 8.62. The molecular weight excluding hydrogens is 342 g/mol. The first-order valence-corrected chi connectivity index (χ1v) is 11.1. The lowest BCUT2D eigenvalue weighted by Gasteiger charge is -2.42. The second-order valence-electron chi connectivity index (χ2n) is 8.66. The Morgan fingerprint density at radius 3 is 2.21 bits per heavy atom. The van der Waals surface area contributed by atoms with Crippen LogP contribution in [-0.4, -0.2) is 12.7 Å². The van der Waals surface area contributed by atoms with Gasteiger partial charge in [-0.2, -0.15) is 5.26 Å². The summed E-state index contributed by atoms with van der Waals surface area (Å²) in [5, 5.41) is 8.62. The van der Waals surface area contributed by atoms with Crippen molar-refractivity contribution in [2.45, 2.75) is 76.2 Å². The topological polar surface area (TPSA) is 33.0 Å². The monoisotopic (exact) mass is 377 g/mol. The van der Waals surface area contributed by atoms with Gasteiger partial charge in [0.1, 0.15) is 0 Å². The maximum atomic E-state index is 8.62. The highest BCUT2D eigenvalue weighted by atomic mass is 16.5. The van der Waals surface area contributed by atoms with Crippen molar-refractivity contribution in [1.82, 2.24) is 0 Å². The van der Waals surface area contributed by atoms with E-state index in [0.717, 1.165) is 37.0 Å². The summed E-state index contributed by atoms with van der Waals surface area (Å²) < 4.78 is 5.88. The minimum atomic E-state index is -0.130. The van der Waals surface area contributed by atoms with E-state index in [9.17, 15) is 0 Å². The van der Waals surface area contributed by atoms with Gasteiger partial charge in [-0.1, -0.05) is 49.4 Å². The quantitative estimate of drug-likeness (QED) is 0.406. The fraction of sp³-hybridized carbons (Fsp3) is 0.577. The lowest BCUT2D eigenvalue weighted by molar-refractivity contribution is -0.0193. The Balaban J connectivity index is 1.50. The molecule has 0 N–H and O–H groups in total.